The van der Waals surface area contributed by atoms with E-state index in [2.05, 4.69) is 5.32 Å². The van der Waals surface area contributed by atoms with Crippen LogP contribution in [0.4, 0.5) is 11.4 Å². The molecule has 6 heteroatoms. The van der Waals surface area contributed by atoms with Crippen LogP contribution >= 0.6 is 0 Å². The molecule has 1 aliphatic rings. The van der Waals surface area contributed by atoms with Gasteiger partial charge < -0.3 is 10.2 Å². The molecular weight excluding hydrogens is 234 g/mol. The molecule has 1 N–H and O–H groups in total. The highest BCUT2D eigenvalue weighted by Gasteiger charge is 2.26. The number of hydrogen-bond acceptors (Lipinski definition) is 4. The van der Waals surface area contributed by atoms with Crippen LogP contribution in [0.15, 0.2) is 24.3 Å². The van der Waals surface area contributed by atoms with E-state index in [0.29, 0.717) is 12.2 Å². The smallest absolute Gasteiger partial charge is 0.269 e. The maximum atomic E-state index is 12.1. The van der Waals surface area contributed by atoms with Crippen LogP contribution < -0.4 is 10.2 Å². The van der Waals surface area contributed by atoms with Crippen molar-refractivity contribution >= 4 is 17.3 Å². The molecule has 18 heavy (non-hydrogen) atoms. The molecule has 1 atom stereocenters. The number of benzene rings is 1. The summed E-state index contributed by atoms with van der Waals surface area (Å²) in [6, 6.07) is 6.01. The fourth-order valence-corrected chi connectivity index (χ4v) is 2.06. The van der Waals surface area contributed by atoms with E-state index >= 15 is 0 Å². The first kappa shape index (κ1) is 12.5. The third-order valence-electron chi connectivity index (χ3n) is 3.19. The van der Waals surface area contributed by atoms with E-state index in [9.17, 15) is 14.9 Å². The lowest BCUT2D eigenvalue weighted by atomic mass is 10.1. The monoisotopic (exact) mass is 249 g/mol. The van der Waals surface area contributed by atoms with Gasteiger partial charge in [0.2, 0.25) is 5.91 Å². The second kappa shape index (κ2) is 5.14. The average Bonchev–Trinajstić information content (AvgIpc) is 2.91. The molecule has 2 rings (SSSR count). The van der Waals surface area contributed by atoms with Crippen LogP contribution in [0.5, 0.6) is 0 Å². The molecular formula is C12H15N3O3. The third-order valence-corrected chi connectivity index (χ3v) is 3.19. The number of nitro benzene ring substituents is 1. The standard InChI is InChI=1S/C12H15N3O3/c1-14(12(16)9-6-7-13-8-9)10-2-4-11(5-3-10)15(17)18/h2-5,9,13H,6-8H2,1H3. The van der Waals surface area contributed by atoms with Crippen LogP contribution in [0, 0.1) is 16.0 Å². The fraction of sp³-hybridized carbons (Fsp3) is 0.417. The van der Waals surface area contributed by atoms with Gasteiger partial charge in [0, 0.05) is 31.4 Å². The van der Waals surface area contributed by atoms with Gasteiger partial charge in [0.1, 0.15) is 0 Å². The van der Waals surface area contributed by atoms with Crippen molar-refractivity contribution in [3.05, 3.63) is 34.4 Å². The van der Waals surface area contributed by atoms with Gasteiger partial charge in [-0.3, -0.25) is 14.9 Å². The molecule has 1 aromatic carbocycles. The number of carbonyl (C=O) groups excluding carboxylic acids is 1. The topological polar surface area (TPSA) is 75.5 Å². The van der Waals surface area contributed by atoms with Crippen LogP contribution in [-0.2, 0) is 4.79 Å². The van der Waals surface area contributed by atoms with Gasteiger partial charge in [-0.2, -0.15) is 0 Å². The number of nitrogens with one attached hydrogen (secondary N) is 1. The molecule has 1 fully saturated rings. The summed E-state index contributed by atoms with van der Waals surface area (Å²) in [5.41, 5.74) is 0.708. The van der Waals surface area contributed by atoms with Gasteiger partial charge in [0.05, 0.1) is 10.8 Å². The summed E-state index contributed by atoms with van der Waals surface area (Å²) in [4.78, 5) is 23.8. The Labute approximate surface area is 105 Å². The van der Waals surface area contributed by atoms with E-state index in [-0.39, 0.29) is 17.5 Å². The molecule has 0 bridgehead atoms. The summed E-state index contributed by atoms with van der Waals surface area (Å²) in [6.07, 6.45) is 0.843. The predicted octanol–water partition coefficient (Wildman–Crippen LogP) is 1.17. The molecule has 1 unspecified atom stereocenters. The maximum absolute atomic E-state index is 12.1. The van der Waals surface area contributed by atoms with Gasteiger partial charge in [-0.25, -0.2) is 0 Å². The first-order chi connectivity index (χ1) is 8.59. The highest BCUT2D eigenvalue weighted by molar-refractivity contribution is 5.94. The predicted molar refractivity (Wildman–Crippen MR) is 67.5 cm³/mol. The van der Waals surface area contributed by atoms with E-state index in [1.807, 2.05) is 0 Å². The van der Waals surface area contributed by atoms with Crippen LogP contribution in [0.2, 0.25) is 0 Å². The summed E-state index contributed by atoms with van der Waals surface area (Å²) in [6.45, 7) is 1.57. The minimum absolute atomic E-state index is 0.00481. The van der Waals surface area contributed by atoms with Crippen molar-refractivity contribution in [2.24, 2.45) is 5.92 Å². The van der Waals surface area contributed by atoms with E-state index in [0.717, 1.165) is 13.0 Å². The fourth-order valence-electron chi connectivity index (χ4n) is 2.06. The second-order valence-corrected chi connectivity index (χ2v) is 4.36. The lowest BCUT2D eigenvalue weighted by Gasteiger charge is -2.20. The number of amides is 1. The molecule has 6 nitrogen and oxygen atoms in total. The number of hydrogen-bond donors (Lipinski definition) is 1. The molecule has 0 aromatic heterocycles. The van der Waals surface area contributed by atoms with Crippen LogP contribution in [0.3, 0.4) is 0 Å². The van der Waals surface area contributed by atoms with E-state index < -0.39 is 4.92 Å². The summed E-state index contributed by atoms with van der Waals surface area (Å²) >= 11 is 0. The van der Waals surface area contributed by atoms with Crippen molar-refractivity contribution in [1.82, 2.24) is 5.32 Å². The lowest BCUT2D eigenvalue weighted by molar-refractivity contribution is -0.384. The molecule has 1 heterocycles. The van der Waals surface area contributed by atoms with Crippen molar-refractivity contribution in [3.8, 4) is 0 Å². The van der Waals surface area contributed by atoms with Crippen molar-refractivity contribution in [1.29, 1.82) is 0 Å². The van der Waals surface area contributed by atoms with Gasteiger partial charge in [-0.1, -0.05) is 0 Å². The summed E-state index contributed by atoms with van der Waals surface area (Å²) in [5, 5.41) is 13.7. The number of nitro groups is 1. The first-order valence-corrected chi connectivity index (χ1v) is 5.82. The molecule has 1 amide bonds. The Morgan fingerprint density at radius 3 is 2.61 bits per heavy atom. The molecule has 0 radical (unpaired) electrons. The van der Waals surface area contributed by atoms with Crippen molar-refractivity contribution in [2.45, 2.75) is 6.42 Å². The number of non-ortho nitro benzene ring substituents is 1. The average molecular weight is 249 g/mol. The Bertz CT molecular complexity index is 452. The van der Waals surface area contributed by atoms with Gasteiger partial charge in [-0.05, 0) is 25.1 Å². The highest BCUT2D eigenvalue weighted by Crippen LogP contribution is 2.21. The van der Waals surface area contributed by atoms with Gasteiger partial charge in [0.25, 0.3) is 5.69 Å². The van der Waals surface area contributed by atoms with Gasteiger partial charge >= 0.3 is 0 Å². The van der Waals surface area contributed by atoms with Crippen LogP contribution in [0.25, 0.3) is 0 Å². The molecule has 1 saturated heterocycles. The maximum Gasteiger partial charge on any atom is 0.269 e. The largest absolute Gasteiger partial charge is 0.316 e. The first-order valence-electron chi connectivity index (χ1n) is 5.82. The second-order valence-electron chi connectivity index (χ2n) is 4.36. The highest BCUT2D eigenvalue weighted by atomic mass is 16.6. The summed E-state index contributed by atoms with van der Waals surface area (Å²) < 4.78 is 0. The Kier molecular flexibility index (Phi) is 3.57. The summed E-state index contributed by atoms with van der Waals surface area (Å²) in [7, 11) is 1.70. The van der Waals surface area contributed by atoms with Crippen LogP contribution in [0.1, 0.15) is 6.42 Å². The van der Waals surface area contributed by atoms with E-state index in [4.69, 9.17) is 0 Å². The van der Waals surface area contributed by atoms with Crippen molar-refractivity contribution in [3.63, 3.8) is 0 Å². The van der Waals surface area contributed by atoms with Gasteiger partial charge in [-0.15, -0.1) is 0 Å². The normalized spacial score (nSPS) is 18.6. The summed E-state index contributed by atoms with van der Waals surface area (Å²) in [5.74, 6) is 0.0547. The van der Waals surface area contributed by atoms with Crippen molar-refractivity contribution < 1.29 is 9.72 Å². The van der Waals surface area contributed by atoms with E-state index in [1.165, 1.54) is 12.1 Å². The number of nitrogens with zero attached hydrogens (tertiary/aromatic N) is 2. The Morgan fingerprint density at radius 2 is 2.11 bits per heavy atom. The Hall–Kier alpha value is -1.95. The Balaban J connectivity index is 2.10. The van der Waals surface area contributed by atoms with Crippen molar-refractivity contribution in [2.75, 3.05) is 25.0 Å². The molecule has 1 aliphatic heterocycles. The molecule has 0 saturated carbocycles. The number of carbonyl (C=O) groups is 1. The lowest BCUT2D eigenvalue weighted by Crippen LogP contribution is -2.33. The molecule has 1 aromatic rings. The quantitative estimate of drug-likeness (QED) is 0.644. The zero-order valence-corrected chi connectivity index (χ0v) is 10.1. The zero-order chi connectivity index (χ0) is 13.1. The SMILES string of the molecule is CN(C(=O)C1CCNC1)c1ccc([N+](=O)[O-])cc1. The number of rotatable bonds is 3. The zero-order valence-electron chi connectivity index (χ0n) is 10.1. The molecule has 0 spiro atoms. The van der Waals surface area contributed by atoms with E-state index in [1.54, 1.807) is 24.1 Å². The third kappa shape index (κ3) is 2.48. The van der Waals surface area contributed by atoms with Gasteiger partial charge in [0.15, 0.2) is 0 Å². The molecule has 0 aliphatic carbocycles. The minimum Gasteiger partial charge on any atom is -0.316 e. The number of anilines is 1. The molecule has 96 valence electrons. The minimum atomic E-state index is -0.452. The Morgan fingerprint density at radius 1 is 1.44 bits per heavy atom. The van der Waals surface area contributed by atoms with Crippen LogP contribution in [-0.4, -0.2) is 31.0 Å².